The van der Waals surface area contributed by atoms with E-state index in [1.807, 2.05) is 17.5 Å². The van der Waals surface area contributed by atoms with Crippen molar-refractivity contribution in [2.24, 2.45) is 0 Å². The molecule has 2 aromatic heterocycles. The van der Waals surface area contributed by atoms with Crippen molar-refractivity contribution < 1.29 is 14.3 Å². The lowest BCUT2D eigenvalue weighted by molar-refractivity contribution is -0.115. The molecule has 0 atom stereocenters. The summed E-state index contributed by atoms with van der Waals surface area (Å²) in [5.41, 5.74) is 1.72. The maximum Gasteiger partial charge on any atom is 0.230 e. The number of amides is 1. The Balaban J connectivity index is 1.70. The number of nitrogens with zero attached hydrogens (tertiary/aromatic N) is 2. The first-order valence-corrected chi connectivity index (χ1v) is 8.44. The first-order valence-electron chi connectivity index (χ1n) is 7.56. The van der Waals surface area contributed by atoms with E-state index in [4.69, 9.17) is 9.47 Å². The zero-order valence-corrected chi connectivity index (χ0v) is 14.7. The van der Waals surface area contributed by atoms with Gasteiger partial charge in [-0.15, -0.1) is 11.3 Å². The maximum absolute atomic E-state index is 12.3. The van der Waals surface area contributed by atoms with Crippen LogP contribution in [0.5, 0.6) is 11.5 Å². The summed E-state index contributed by atoms with van der Waals surface area (Å²) in [6.07, 6.45) is 3.59. The molecule has 1 N–H and O–H groups in total. The number of carbonyl (C=O) groups is 1. The monoisotopic (exact) mass is 355 g/mol. The molecule has 0 saturated carbocycles. The first-order chi connectivity index (χ1) is 12.2. The van der Waals surface area contributed by atoms with Gasteiger partial charge in [-0.2, -0.15) is 0 Å². The van der Waals surface area contributed by atoms with Gasteiger partial charge in [0.1, 0.15) is 22.3 Å². The molecule has 25 heavy (non-hydrogen) atoms. The Hall–Kier alpha value is -2.93. The number of hydrogen-bond acceptors (Lipinski definition) is 6. The lowest BCUT2D eigenvalue weighted by Gasteiger charge is -2.10. The van der Waals surface area contributed by atoms with E-state index in [9.17, 15) is 4.79 Å². The summed E-state index contributed by atoms with van der Waals surface area (Å²) in [6, 6.07) is 9.13. The van der Waals surface area contributed by atoms with Crippen molar-refractivity contribution in [2.45, 2.75) is 6.42 Å². The van der Waals surface area contributed by atoms with Crippen molar-refractivity contribution in [3.05, 3.63) is 53.7 Å². The standard InChI is InChI=1S/C18H17N3O3S/c1-23-14-3-4-15(24-2)13(9-14)10-17(22)20-16-11-25-18(21-16)12-5-7-19-8-6-12/h3-9,11H,10H2,1-2H3,(H,20,22). The third-order valence-corrected chi connectivity index (χ3v) is 4.43. The van der Waals surface area contributed by atoms with E-state index in [-0.39, 0.29) is 12.3 Å². The highest BCUT2D eigenvalue weighted by Crippen LogP contribution is 2.27. The van der Waals surface area contributed by atoms with Gasteiger partial charge in [-0.25, -0.2) is 4.98 Å². The molecule has 0 fully saturated rings. The summed E-state index contributed by atoms with van der Waals surface area (Å²) >= 11 is 1.47. The predicted molar refractivity (Wildman–Crippen MR) is 97.2 cm³/mol. The van der Waals surface area contributed by atoms with E-state index in [1.165, 1.54) is 11.3 Å². The molecule has 1 aromatic carbocycles. The average molecular weight is 355 g/mol. The van der Waals surface area contributed by atoms with Crippen LogP contribution in [-0.4, -0.2) is 30.1 Å². The average Bonchev–Trinajstić information content (AvgIpc) is 3.10. The highest BCUT2D eigenvalue weighted by atomic mass is 32.1. The fourth-order valence-electron chi connectivity index (χ4n) is 2.34. The topological polar surface area (TPSA) is 73.3 Å². The first kappa shape index (κ1) is 16.9. The molecule has 3 rings (SSSR count). The van der Waals surface area contributed by atoms with Crippen LogP contribution in [0.2, 0.25) is 0 Å². The number of aromatic nitrogens is 2. The van der Waals surface area contributed by atoms with Gasteiger partial charge in [-0.3, -0.25) is 9.78 Å². The second kappa shape index (κ2) is 7.76. The van der Waals surface area contributed by atoms with E-state index in [0.29, 0.717) is 17.3 Å². The van der Waals surface area contributed by atoms with Gasteiger partial charge in [-0.1, -0.05) is 0 Å². The Kier molecular flexibility index (Phi) is 5.25. The number of rotatable bonds is 6. The molecule has 0 bridgehead atoms. The van der Waals surface area contributed by atoms with Gasteiger partial charge < -0.3 is 14.8 Å². The smallest absolute Gasteiger partial charge is 0.230 e. The second-order valence-electron chi connectivity index (χ2n) is 5.18. The van der Waals surface area contributed by atoms with Crippen LogP contribution in [0.15, 0.2) is 48.1 Å². The molecule has 3 aromatic rings. The number of hydrogen-bond donors (Lipinski definition) is 1. The van der Waals surface area contributed by atoms with Crippen LogP contribution in [0.4, 0.5) is 5.82 Å². The molecule has 0 aliphatic rings. The van der Waals surface area contributed by atoms with Crippen LogP contribution < -0.4 is 14.8 Å². The normalized spacial score (nSPS) is 10.3. The molecule has 0 saturated heterocycles. The van der Waals surface area contributed by atoms with Crippen molar-refractivity contribution in [1.29, 1.82) is 0 Å². The molecule has 0 aliphatic carbocycles. The van der Waals surface area contributed by atoms with Gasteiger partial charge >= 0.3 is 0 Å². The van der Waals surface area contributed by atoms with E-state index in [2.05, 4.69) is 15.3 Å². The Morgan fingerprint density at radius 1 is 1.16 bits per heavy atom. The number of pyridine rings is 1. The van der Waals surface area contributed by atoms with Crippen LogP contribution in [0.25, 0.3) is 10.6 Å². The molecule has 128 valence electrons. The summed E-state index contributed by atoms with van der Waals surface area (Å²) in [7, 11) is 3.16. The third-order valence-electron chi connectivity index (χ3n) is 3.54. The molecular weight excluding hydrogens is 338 g/mol. The van der Waals surface area contributed by atoms with Gasteiger partial charge in [0.05, 0.1) is 20.6 Å². The Morgan fingerprint density at radius 2 is 1.96 bits per heavy atom. The fourth-order valence-corrected chi connectivity index (χ4v) is 3.10. The van der Waals surface area contributed by atoms with Crippen LogP contribution in [0.3, 0.4) is 0 Å². The quantitative estimate of drug-likeness (QED) is 0.733. The Bertz CT molecular complexity index is 865. The molecule has 0 spiro atoms. The highest BCUT2D eigenvalue weighted by molar-refractivity contribution is 7.13. The van der Waals surface area contributed by atoms with Crippen molar-refractivity contribution >= 4 is 23.1 Å². The number of carbonyl (C=O) groups excluding carboxylic acids is 1. The van der Waals surface area contributed by atoms with Crippen molar-refractivity contribution in [3.63, 3.8) is 0 Å². The molecule has 2 heterocycles. The van der Waals surface area contributed by atoms with Gasteiger partial charge in [0, 0.05) is 28.9 Å². The number of nitrogens with one attached hydrogen (secondary N) is 1. The van der Waals surface area contributed by atoms with Gasteiger partial charge in [0.25, 0.3) is 0 Å². The SMILES string of the molecule is COc1ccc(OC)c(CC(=O)Nc2csc(-c3ccncc3)n2)c1. The minimum Gasteiger partial charge on any atom is -0.497 e. The van der Waals surface area contributed by atoms with E-state index in [1.54, 1.807) is 44.8 Å². The zero-order valence-electron chi connectivity index (χ0n) is 13.9. The van der Waals surface area contributed by atoms with Gasteiger partial charge in [0.2, 0.25) is 5.91 Å². The molecule has 7 heteroatoms. The largest absolute Gasteiger partial charge is 0.497 e. The summed E-state index contributed by atoms with van der Waals surface area (Å²) in [6.45, 7) is 0. The van der Waals surface area contributed by atoms with Crippen molar-refractivity contribution in [3.8, 4) is 22.1 Å². The minimum absolute atomic E-state index is 0.168. The third kappa shape index (κ3) is 4.13. The lowest BCUT2D eigenvalue weighted by atomic mass is 10.1. The molecule has 0 unspecified atom stereocenters. The van der Waals surface area contributed by atoms with Crippen LogP contribution in [0, 0.1) is 0 Å². The van der Waals surface area contributed by atoms with Crippen molar-refractivity contribution in [1.82, 2.24) is 9.97 Å². The number of methoxy groups -OCH3 is 2. The molecular formula is C18H17N3O3S. The lowest BCUT2D eigenvalue weighted by Crippen LogP contribution is -2.15. The van der Waals surface area contributed by atoms with Crippen molar-refractivity contribution in [2.75, 3.05) is 19.5 Å². The second-order valence-corrected chi connectivity index (χ2v) is 6.03. The molecule has 0 radical (unpaired) electrons. The minimum atomic E-state index is -0.168. The maximum atomic E-state index is 12.3. The molecule has 0 aliphatic heterocycles. The number of thiazole rings is 1. The van der Waals surface area contributed by atoms with Gasteiger partial charge in [0.15, 0.2) is 0 Å². The number of anilines is 1. The molecule has 1 amide bonds. The summed E-state index contributed by atoms with van der Waals surface area (Å²) in [5, 5.41) is 5.46. The van der Waals surface area contributed by atoms with Gasteiger partial charge in [-0.05, 0) is 30.3 Å². The summed E-state index contributed by atoms with van der Waals surface area (Å²) in [4.78, 5) is 20.8. The number of benzene rings is 1. The summed E-state index contributed by atoms with van der Waals surface area (Å²) in [5.74, 6) is 1.69. The fraction of sp³-hybridized carbons (Fsp3) is 0.167. The Morgan fingerprint density at radius 3 is 2.68 bits per heavy atom. The predicted octanol–water partition coefficient (Wildman–Crippen LogP) is 3.40. The van der Waals surface area contributed by atoms with E-state index >= 15 is 0 Å². The Labute approximate surface area is 149 Å². The van der Waals surface area contributed by atoms with Crippen LogP contribution in [0.1, 0.15) is 5.56 Å². The van der Waals surface area contributed by atoms with E-state index < -0.39 is 0 Å². The zero-order chi connectivity index (χ0) is 17.6. The van der Waals surface area contributed by atoms with E-state index in [0.717, 1.165) is 16.1 Å². The number of ether oxygens (including phenoxy) is 2. The van der Waals surface area contributed by atoms with Crippen LogP contribution in [-0.2, 0) is 11.2 Å². The highest BCUT2D eigenvalue weighted by Gasteiger charge is 2.12. The van der Waals surface area contributed by atoms with Crippen LogP contribution >= 0.6 is 11.3 Å². The summed E-state index contributed by atoms with van der Waals surface area (Å²) < 4.78 is 10.5. The molecule has 6 nitrogen and oxygen atoms in total.